The van der Waals surface area contributed by atoms with Gasteiger partial charge in [-0.15, -0.1) is 10.2 Å². The lowest BCUT2D eigenvalue weighted by molar-refractivity contribution is -0.111. The Bertz CT molecular complexity index is 1030. The van der Waals surface area contributed by atoms with Crippen LogP contribution >= 0.6 is 11.3 Å². The monoisotopic (exact) mass is 425 g/mol. The maximum Gasteiger partial charge on any atom is 0.250 e. The lowest BCUT2D eigenvalue weighted by Gasteiger charge is -2.07. The molecule has 0 unspecified atom stereocenters. The molecule has 2 aromatic carbocycles. The molecule has 0 spiro atoms. The van der Waals surface area contributed by atoms with Gasteiger partial charge in [-0.05, 0) is 48.9 Å². The largest absolute Gasteiger partial charge is 0.497 e. The number of hydrogen-bond donors (Lipinski definition) is 1. The highest BCUT2D eigenvalue weighted by Crippen LogP contribution is 2.25. The van der Waals surface area contributed by atoms with Crippen molar-refractivity contribution >= 4 is 28.5 Å². The number of ether oxygens (including phenoxy) is 3. The molecule has 0 aliphatic rings. The fourth-order valence-electron chi connectivity index (χ4n) is 2.65. The van der Waals surface area contributed by atoms with Crippen LogP contribution in [0.25, 0.3) is 6.08 Å². The lowest BCUT2D eigenvalue weighted by atomic mass is 10.1. The summed E-state index contributed by atoms with van der Waals surface area (Å²) in [4.78, 5) is 12.2. The first-order valence-electron chi connectivity index (χ1n) is 9.30. The van der Waals surface area contributed by atoms with Crippen molar-refractivity contribution in [2.24, 2.45) is 0 Å². The fourth-order valence-corrected chi connectivity index (χ4v) is 3.37. The standard InChI is InChI=1S/C22H23N3O4S/c1-15-5-4-6-18(13-15)29-12-11-21-24-25-22(30-21)23-20(26)10-7-16-14-17(27-2)8-9-19(16)28-3/h4-10,13-14H,11-12H2,1-3H3,(H,23,25,26)/b10-7+. The number of amides is 1. The van der Waals surface area contributed by atoms with E-state index in [4.69, 9.17) is 14.2 Å². The van der Waals surface area contributed by atoms with Gasteiger partial charge in [0, 0.05) is 18.1 Å². The molecular weight excluding hydrogens is 402 g/mol. The van der Waals surface area contributed by atoms with Crippen molar-refractivity contribution < 1.29 is 19.0 Å². The minimum absolute atomic E-state index is 0.307. The van der Waals surface area contributed by atoms with E-state index in [0.29, 0.717) is 29.7 Å². The molecule has 1 amide bonds. The quantitative estimate of drug-likeness (QED) is 0.519. The van der Waals surface area contributed by atoms with Crippen molar-refractivity contribution in [1.29, 1.82) is 0 Å². The van der Waals surface area contributed by atoms with Gasteiger partial charge in [0.2, 0.25) is 11.0 Å². The summed E-state index contributed by atoms with van der Waals surface area (Å²) >= 11 is 1.32. The second-order valence-corrected chi connectivity index (χ2v) is 7.41. The first-order valence-corrected chi connectivity index (χ1v) is 10.1. The van der Waals surface area contributed by atoms with E-state index in [1.165, 1.54) is 17.4 Å². The Hall–Kier alpha value is -3.39. The second-order valence-electron chi connectivity index (χ2n) is 6.35. The smallest absolute Gasteiger partial charge is 0.250 e. The van der Waals surface area contributed by atoms with Gasteiger partial charge in [-0.3, -0.25) is 10.1 Å². The van der Waals surface area contributed by atoms with Crippen LogP contribution in [0.15, 0.2) is 48.5 Å². The van der Waals surface area contributed by atoms with Crippen LogP contribution in [-0.4, -0.2) is 36.9 Å². The van der Waals surface area contributed by atoms with Crippen molar-refractivity contribution in [3.63, 3.8) is 0 Å². The van der Waals surface area contributed by atoms with Crippen molar-refractivity contribution in [3.05, 3.63) is 64.7 Å². The topological polar surface area (TPSA) is 82.6 Å². The van der Waals surface area contributed by atoms with E-state index in [1.54, 1.807) is 38.5 Å². The van der Waals surface area contributed by atoms with Gasteiger partial charge in [-0.1, -0.05) is 23.5 Å². The van der Waals surface area contributed by atoms with E-state index in [9.17, 15) is 4.79 Å². The molecule has 7 nitrogen and oxygen atoms in total. The SMILES string of the molecule is COc1ccc(OC)c(/C=C/C(=O)Nc2nnc(CCOc3cccc(C)c3)s2)c1. The summed E-state index contributed by atoms with van der Waals surface area (Å²) in [6.45, 7) is 2.51. The Labute approximate surface area is 179 Å². The van der Waals surface area contributed by atoms with E-state index in [0.717, 1.165) is 21.9 Å². The maximum atomic E-state index is 12.2. The van der Waals surface area contributed by atoms with Gasteiger partial charge < -0.3 is 14.2 Å². The minimum atomic E-state index is -0.307. The van der Waals surface area contributed by atoms with Gasteiger partial charge in [0.25, 0.3) is 0 Å². The van der Waals surface area contributed by atoms with Crippen LogP contribution in [0.2, 0.25) is 0 Å². The van der Waals surface area contributed by atoms with Gasteiger partial charge in [-0.2, -0.15) is 0 Å². The average Bonchev–Trinajstić information content (AvgIpc) is 3.19. The van der Waals surface area contributed by atoms with Gasteiger partial charge in [-0.25, -0.2) is 0 Å². The zero-order valence-electron chi connectivity index (χ0n) is 17.0. The van der Waals surface area contributed by atoms with Crippen LogP contribution in [-0.2, 0) is 11.2 Å². The molecule has 0 saturated heterocycles. The first kappa shape index (κ1) is 21.3. The van der Waals surface area contributed by atoms with Crippen molar-refractivity contribution in [2.75, 3.05) is 26.1 Å². The number of anilines is 1. The van der Waals surface area contributed by atoms with E-state index in [-0.39, 0.29) is 5.91 Å². The molecule has 0 radical (unpaired) electrons. The molecule has 0 aliphatic carbocycles. The molecule has 1 aromatic heterocycles. The number of benzene rings is 2. The van der Waals surface area contributed by atoms with Gasteiger partial charge in [0.1, 0.15) is 22.3 Å². The second kappa shape index (κ2) is 10.4. The number of hydrogen-bond acceptors (Lipinski definition) is 7. The third-order valence-corrected chi connectivity index (χ3v) is 5.02. The molecule has 0 saturated carbocycles. The maximum absolute atomic E-state index is 12.2. The zero-order chi connectivity index (χ0) is 21.3. The van der Waals surface area contributed by atoms with Crippen molar-refractivity contribution in [2.45, 2.75) is 13.3 Å². The Balaban J connectivity index is 1.53. The molecule has 0 bridgehead atoms. The van der Waals surface area contributed by atoms with E-state index in [1.807, 2.05) is 31.2 Å². The molecule has 0 atom stereocenters. The molecule has 1 heterocycles. The Morgan fingerprint density at radius 1 is 1.10 bits per heavy atom. The normalized spacial score (nSPS) is 10.8. The molecule has 0 aliphatic heterocycles. The van der Waals surface area contributed by atoms with Gasteiger partial charge in [0.15, 0.2) is 0 Å². The van der Waals surface area contributed by atoms with Crippen LogP contribution in [0.5, 0.6) is 17.2 Å². The molecule has 30 heavy (non-hydrogen) atoms. The number of aromatic nitrogens is 2. The van der Waals surface area contributed by atoms with Crippen LogP contribution in [0.4, 0.5) is 5.13 Å². The van der Waals surface area contributed by atoms with Crippen LogP contribution in [0.3, 0.4) is 0 Å². The predicted molar refractivity (Wildman–Crippen MR) is 117 cm³/mol. The van der Waals surface area contributed by atoms with Crippen LogP contribution in [0, 0.1) is 6.92 Å². The number of aryl methyl sites for hydroxylation is 1. The van der Waals surface area contributed by atoms with Crippen LogP contribution < -0.4 is 19.5 Å². The third-order valence-electron chi connectivity index (χ3n) is 4.12. The summed E-state index contributed by atoms with van der Waals surface area (Å²) in [6.07, 6.45) is 3.69. The van der Waals surface area contributed by atoms with E-state index < -0.39 is 0 Å². The van der Waals surface area contributed by atoms with Gasteiger partial charge in [0.05, 0.1) is 20.8 Å². The summed E-state index contributed by atoms with van der Waals surface area (Å²) < 4.78 is 16.2. The number of nitrogens with zero attached hydrogens (tertiary/aromatic N) is 2. The third kappa shape index (κ3) is 6.05. The molecule has 3 rings (SSSR count). The average molecular weight is 426 g/mol. The highest BCUT2D eigenvalue weighted by molar-refractivity contribution is 7.15. The number of carbonyl (C=O) groups is 1. The minimum Gasteiger partial charge on any atom is -0.497 e. The van der Waals surface area contributed by atoms with Crippen molar-refractivity contribution in [3.8, 4) is 17.2 Å². The molecule has 3 aromatic rings. The van der Waals surface area contributed by atoms with Crippen molar-refractivity contribution in [1.82, 2.24) is 10.2 Å². The summed E-state index contributed by atoms with van der Waals surface area (Å²) in [5, 5.41) is 12.1. The number of rotatable bonds is 9. The van der Waals surface area contributed by atoms with Crippen LogP contribution in [0.1, 0.15) is 16.1 Å². The highest BCUT2D eigenvalue weighted by Gasteiger charge is 2.08. The molecule has 0 fully saturated rings. The summed E-state index contributed by atoms with van der Waals surface area (Å²) in [5.74, 6) is 1.84. The summed E-state index contributed by atoms with van der Waals surface area (Å²) in [5.41, 5.74) is 1.88. The molecule has 8 heteroatoms. The molecular formula is C22H23N3O4S. The number of carbonyl (C=O) groups excluding carboxylic acids is 1. The number of methoxy groups -OCH3 is 2. The highest BCUT2D eigenvalue weighted by atomic mass is 32.1. The summed E-state index contributed by atoms with van der Waals surface area (Å²) in [6, 6.07) is 13.2. The fraction of sp³-hybridized carbons (Fsp3) is 0.227. The predicted octanol–water partition coefficient (Wildman–Crippen LogP) is 4.14. The summed E-state index contributed by atoms with van der Waals surface area (Å²) in [7, 11) is 3.16. The number of nitrogens with one attached hydrogen (secondary N) is 1. The lowest BCUT2D eigenvalue weighted by Crippen LogP contribution is -2.07. The molecule has 1 N–H and O–H groups in total. The first-order chi connectivity index (χ1) is 14.6. The Morgan fingerprint density at radius 3 is 2.73 bits per heavy atom. The Kier molecular flexibility index (Phi) is 7.40. The zero-order valence-corrected chi connectivity index (χ0v) is 17.9. The van der Waals surface area contributed by atoms with E-state index >= 15 is 0 Å². The Morgan fingerprint density at radius 2 is 1.97 bits per heavy atom. The molecule has 156 valence electrons. The van der Waals surface area contributed by atoms with E-state index in [2.05, 4.69) is 15.5 Å². The van der Waals surface area contributed by atoms with Gasteiger partial charge >= 0.3 is 0 Å².